The van der Waals surface area contributed by atoms with Crippen molar-refractivity contribution in [1.82, 2.24) is 9.88 Å². The Morgan fingerprint density at radius 3 is 2.39 bits per heavy atom. The number of amides is 1. The molecule has 1 aromatic heterocycles. The Kier molecular flexibility index (Phi) is 6.70. The number of benzene rings is 2. The Balaban J connectivity index is 0.000000821. The van der Waals surface area contributed by atoms with Gasteiger partial charge in [-0.1, -0.05) is 36.4 Å². The lowest BCUT2D eigenvalue weighted by molar-refractivity contribution is -0.122. The third-order valence-electron chi connectivity index (χ3n) is 5.38. The number of hydrogen-bond acceptors (Lipinski definition) is 6. The number of hydrogen-bond donors (Lipinski definition) is 2. The molecular weight excluding hydrogens is 428 g/mol. The molecule has 2 aliphatic rings. The predicted molar refractivity (Wildman–Crippen MR) is 117 cm³/mol. The minimum atomic E-state index is -0.398. The van der Waals surface area contributed by atoms with Crippen LogP contribution in [-0.4, -0.2) is 47.3 Å². The van der Waals surface area contributed by atoms with Crippen LogP contribution in [0.1, 0.15) is 33.7 Å². The van der Waals surface area contributed by atoms with Gasteiger partial charge < -0.3 is 29.2 Å². The largest absolute Gasteiger partial charge is 0.483 e. The molecule has 1 fully saturated rings. The number of pyridine rings is 1. The third-order valence-corrected chi connectivity index (χ3v) is 5.38. The van der Waals surface area contributed by atoms with E-state index in [2.05, 4.69) is 4.98 Å². The first-order valence-corrected chi connectivity index (χ1v) is 10.3. The lowest BCUT2D eigenvalue weighted by Gasteiger charge is -2.38. The first-order valence-electron chi connectivity index (χ1n) is 10.3. The summed E-state index contributed by atoms with van der Waals surface area (Å²) in [5, 5.41) is 6.89. The number of nitrogens with zero attached hydrogens (tertiary/aromatic N) is 1. The zero-order valence-corrected chi connectivity index (χ0v) is 17.5. The van der Waals surface area contributed by atoms with E-state index in [0.29, 0.717) is 24.6 Å². The zero-order valence-electron chi connectivity index (χ0n) is 17.5. The summed E-state index contributed by atoms with van der Waals surface area (Å²) in [5.74, 6) is 1.04. The fourth-order valence-corrected chi connectivity index (χ4v) is 3.83. The minimum Gasteiger partial charge on any atom is -0.483 e. The van der Waals surface area contributed by atoms with Gasteiger partial charge in [0.05, 0.1) is 13.1 Å². The topological polar surface area (TPSA) is 118 Å². The van der Waals surface area contributed by atoms with Crippen LogP contribution < -0.4 is 15.0 Å². The summed E-state index contributed by atoms with van der Waals surface area (Å²) in [6, 6.07) is 18.6. The number of morpholine rings is 1. The third kappa shape index (κ3) is 4.88. The van der Waals surface area contributed by atoms with Crippen molar-refractivity contribution >= 4 is 12.4 Å². The van der Waals surface area contributed by atoms with Crippen LogP contribution >= 0.6 is 0 Å². The zero-order chi connectivity index (χ0) is 23.2. The van der Waals surface area contributed by atoms with Crippen LogP contribution in [-0.2, 0) is 9.53 Å². The Hall–Kier alpha value is -4.11. The number of aromatic nitrogens is 1. The van der Waals surface area contributed by atoms with Gasteiger partial charge in [-0.2, -0.15) is 0 Å². The first-order chi connectivity index (χ1) is 16.1. The number of nitrogens with one attached hydrogen (secondary N) is 1. The van der Waals surface area contributed by atoms with Gasteiger partial charge in [0.15, 0.2) is 11.5 Å². The highest BCUT2D eigenvalue weighted by atomic mass is 16.7. The molecule has 3 heterocycles. The highest BCUT2D eigenvalue weighted by molar-refractivity contribution is 5.94. The van der Waals surface area contributed by atoms with E-state index in [0.717, 1.165) is 11.1 Å². The molecule has 0 bridgehead atoms. The van der Waals surface area contributed by atoms with Crippen LogP contribution in [0.15, 0.2) is 71.7 Å². The molecule has 2 aliphatic heterocycles. The molecule has 9 nitrogen and oxygen atoms in total. The fourth-order valence-electron chi connectivity index (χ4n) is 3.83. The van der Waals surface area contributed by atoms with E-state index in [1.54, 1.807) is 17.0 Å². The van der Waals surface area contributed by atoms with Crippen LogP contribution in [0, 0.1) is 0 Å². The van der Waals surface area contributed by atoms with E-state index in [1.165, 1.54) is 6.20 Å². The molecule has 2 aromatic carbocycles. The van der Waals surface area contributed by atoms with E-state index < -0.39 is 5.56 Å². The summed E-state index contributed by atoms with van der Waals surface area (Å²) in [6.45, 7) is 0.632. The van der Waals surface area contributed by atoms with Crippen molar-refractivity contribution in [3.8, 4) is 11.5 Å². The van der Waals surface area contributed by atoms with Gasteiger partial charge in [-0.3, -0.25) is 14.4 Å². The molecule has 1 saturated heterocycles. The van der Waals surface area contributed by atoms with E-state index >= 15 is 0 Å². The number of ether oxygens (including phenoxy) is 3. The van der Waals surface area contributed by atoms with Crippen molar-refractivity contribution in [2.45, 2.75) is 12.2 Å². The molecule has 2 N–H and O–H groups in total. The number of carbonyl (C=O) groups excluding carboxylic acids is 1. The molecule has 0 spiro atoms. The molecule has 0 saturated carbocycles. The average Bonchev–Trinajstić information content (AvgIpc) is 3.33. The highest BCUT2D eigenvalue weighted by Gasteiger charge is 2.34. The summed E-state index contributed by atoms with van der Waals surface area (Å²) in [6.07, 6.45) is 0.827. The number of aromatic amines is 1. The smallest absolute Gasteiger partial charge is 0.290 e. The molecule has 2 atom stereocenters. The van der Waals surface area contributed by atoms with Crippen molar-refractivity contribution in [2.75, 3.05) is 19.9 Å². The maximum absolute atomic E-state index is 13.2. The Morgan fingerprint density at radius 2 is 1.67 bits per heavy atom. The molecule has 170 valence electrons. The Morgan fingerprint density at radius 1 is 0.970 bits per heavy atom. The van der Waals surface area contributed by atoms with Crippen LogP contribution in [0.25, 0.3) is 0 Å². The maximum atomic E-state index is 13.2. The number of fused-ring (bicyclic) bond motifs is 1. The van der Waals surface area contributed by atoms with Crippen molar-refractivity contribution in [2.24, 2.45) is 0 Å². The fraction of sp³-hybridized carbons (Fsp3) is 0.208. The molecule has 0 radical (unpaired) electrons. The quantitative estimate of drug-likeness (QED) is 0.589. The van der Waals surface area contributed by atoms with Gasteiger partial charge in [0.25, 0.3) is 17.9 Å². The number of carbonyl (C=O) groups is 2. The second-order valence-corrected chi connectivity index (χ2v) is 7.37. The van der Waals surface area contributed by atoms with Gasteiger partial charge in [0, 0.05) is 6.20 Å². The summed E-state index contributed by atoms with van der Waals surface area (Å²) in [5.41, 5.74) is 1.59. The number of rotatable bonds is 3. The van der Waals surface area contributed by atoms with E-state index in [4.69, 9.17) is 24.1 Å². The van der Waals surface area contributed by atoms with E-state index in [-0.39, 0.29) is 36.9 Å². The molecule has 5 rings (SSSR count). The summed E-state index contributed by atoms with van der Waals surface area (Å²) in [4.78, 5) is 37.9. The number of carboxylic acid groups (broad SMARTS) is 1. The van der Waals surface area contributed by atoms with Gasteiger partial charge in [-0.25, -0.2) is 0 Å². The van der Waals surface area contributed by atoms with Crippen molar-refractivity contribution in [3.63, 3.8) is 0 Å². The van der Waals surface area contributed by atoms with Crippen molar-refractivity contribution in [3.05, 3.63) is 93.9 Å². The highest BCUT2D eigenvalue weighted by Crippen LogP contribution is 2.38. The molecule has 0 aliphatic carbocycles. The minimum absolute atomic E-state index is 0.121. The van der Waals surface area contributed by atoms with Gasteiger partial charge in [0.1, 0.15) is 17.8 Å². The predicted octanol–water partition coefficient (Wildman–Crippen LogP) is 2.76. The molecule has 9 heteroatoms. The Bertz CT molecular complexity index is 1180. The summed E-state index contributed by atoms with van der Waals surface area (Å²) < 4.78 is 17.3. The van der Waals surface area contributed by atoms with Crippen LogP contribution in [0.4, 0.5) is 0 Å². The first kappa shape index (κ1) is 22.1. The molecule has 1 amide bonds. The van der Waals surface area contributed by atoms with Crippen molar-refractivity contribution < 1.29 is 28.9 Å². The standard InChI is InChI=1S/C23H20N2O5.CH2O2/c26-22-17(7-4-10-24-22)23(27)25-12-20(15-5-2-1-3-6-15)30-21(13-25)16-8-9-18-19(11-16)29-14-28-18;2-1-3/h1-11,20-21H,12-14H2,(H,24,26);1H,(H,2,3)/t20-,21+;/m0./s1. The van der Waals surface area contributed by atoms with Crippen molar-refractivity contribution in [1.29, 1.82) is 0 Å². The lowest BCUT2D eigenvalue weighted by atomic mass is 10.0. The lowest BCUT2D eigenvalue weighted by Crippen LogP contribution is -2.45. The van der Waals surface area contributed by atoms with Gasteiger partial charge >= 0.3 is 0 Å². The second-order valence-electron chi connectivity index (χ2n) is 7.37. The van der Waals surface area contributed by atoms with Gasteiger partial charge in [0.2, 0.25) is 6.79 Å². The van der Waals surface area contributed by atoms with Crippen LogP contribution in [0.3, 0.4) is 0 Å². The molecule has 33 heavy (non-hydrogen) atoms. The molecule has 0 unspecified atom stereocenters. The normalized spacial score (nSPS) is 18.7. The monoisotopic (exact) mass is 450 g/mol. The van der Waals surface area contributed by atoms with Crippen LogP contribution in [0.5, 0.6) is 11.5 Å². The summed E-state index contributed by atoms with van der Waals surface area (Å²) in [7, 11) is 0. The Labute approximate surface area is 189 Å². The average molecular weight is 450 g/mol. The van der Waals surface area contributed by atoms with Crippen LogP contribution in [0.2, 0.25) is 0 Å². The van der Waals surface area contributed by atoms with Gasteiger partial charge in [-0.05, 0) is 35.4 Å². The second kappa shape index (κ2) is 10.0. The maximum Gasteiger partial charge on any atom is 0.290 e. The molecule has 3 aromatic rings. The molecular formula is C24H22N2O7. The van der Waals surface area contributed by atoms with Gasteiger partial charge in [-0.15, -0.1) is 0 Å². The number of H-pyrrole nitrogens is 1. The SMILES string of the molecule is O=C(c1ccc[nH]c1=O)N1C[C@@H](c2ccccc2)O[C@@H](c2ccc3c(c2)OCO3)C1.O=CO. The van der Waals surface area contributed by atoms with E-state index in [9.17, 15) is 9.59 Å². The van der Waals surface area contributed by atoms with E-state index in [1.807, 2.05) is 48.5 Å². The summed E-state index contributed by atoms with van der Waals surface area (Å²) >= 11 is 0.